The first-order chi connectivity index (χ1) is 52.1. The van der Waals surface area contributed by atoms with Crippen molar-refractivity contribution in [3.63, 3.8) is 0 Å². The van der Waals surface area contributed by atoms with Crippen LogP contribution in [0.3, 0.4) is 0 Å². The summed E-state index contributed by atoms with van der Waals surface area (Å²) in [5.74, 6) is 1.18. The summed E-state index contributed by atoms with van der Waals surface area (Å²) in [5, 5.41) is 39.2. The molecule has 21 heteroatoms. The van der Waals surface area contributed by atoms with Gasteiger partial charge in [0.15, 0.2) is 11.6 Å². The number of allylic oxidation sites excluding steroid dienone is 10. The molecule has 0 aromatic rings. The van der Waals surface area contributed by atoms with E-state index in [0.29, 0.717) is 125 Å². The predicted molar refractivity (Wildman–Crippen MR) is 432 cm³/mol. The number of hydrogen-bond donors (Lipinski definition) is 5. The Morgan fingerprint density at radius 3 is 1.43 bits per heavy atom. The van der Waals surface area contributed by atoms with E-state index in [1.165, 1.54) is 47.7 Å². The minimum absolute atomic E-state index is 0.0159. The number of methoxy groups -OCH3 is 4. The Morgan fingerprint density at radius 2 is 0.935 bits per heavy atom. The van der Waals surface area contributed by atoms with E-state index in [0.717, 1.165) is 180 Å². The van der Waals surface area contributed by atoms with E-state index in [1.807, 2.05) is 30.4 Å². The highest BCUT2D eigenvalue weighted by Crippen LogP contribution is 2.53. The minimum Gasteiger partial charge on any atom is -0.469 e. The summed E-state index contributed by atoms with van der Waals surface area (Å²) < 4.78 is 30.4. The molecule has 2 heterocycles. The van der Waals surface area contributed by atoms with Crippen LogP contribution < -0.4 is 0 Å². The van der Waals surface area contributed by atoms with Crippen LogP contribution in [-0.4, -0.2) is 155 Å². The zero-order valence-electron chi connectivity index (χ0n) is 67.8. The molecule has 5 fully saturated rings. The normalized spacial score (nSPS) is 25.4. The third kappa shape index (κ3) is 40.7. The van der Waals surface area contributed by atoms with Gasteiger partial charge < -0.3 is 48.8 Å². The quantitative estimate of drug-likeness (QED) is 0.0124. The van der Waals surface area contributed by atoms with Crippen molar-refractivity contribution in [2.45, 2.75) is 337 Å². The van der Waals surface area contributed by atoms with Crippen molar-refractivity contribution in [3.8, 4) is 0 Å². The molecule has 2 aliphatic heterocycles. The van der Waals surface area contributed by atoms with Gasteiger partial charge in [-0.3, -0.25) is 43.2 Å². The number of fused-ring (bicyclic) bond motifs is 1. The number of aliphatic hydroxyl groups is 4. The average molecular weight is 1560 g/mol. The van der Waals surface area contributed by atoms with Crippen LogP contribution in [0.5, 0.6) is 0 Å². The van der Waals surface area contributed by atoms with Crippen molar-refractivity contribution in [1.82, 2.24) is 0 Å². The molecule has 0 aromatic heterocycles. The number of rotatable bonds is 49. The van der Waals surface area contributed by atoms with Crippen molar-refractivity contribution in [2.24, 2.45) is 47.3 Å². The van der Waals surface area contributed by atoms with Crippen molar-refractivity contribution in [1.29, 1.82) is 0 Å². The fourth-order valence-corrected chi connectivity index (χ4v) is 17.9. The number of ether oxygens (including phenoxy) is 6. The second kappa shape index (κ2) is 60.1. The summed E-state index contributed by atoms with van der Waals surface area (Å²) in [6.45, 7) is 9.91. The number of aliphatic hydroxyl groups excluding tert-OH is 3. The standard InChI is InChI=1S/C23H40O6.2C21H34O4S.C21H32O4.CH4O/c1-3-4-9-13-23(28-15-16-29-23)14-12-19-18(20(24)17-21(19)25)10-7-5-6-8-11-22(26)27-2;1-3-4-9-13-21(24)14-12-17-16(18(22)15-19(17)26-21)10-7-5-6-8-11-20(23)25-2;1-3-4-7-10-16(22)13-14-18-17(19(23)15-20(18)26)11-8-5-6-9-12-21(24)25-2;1-3-4-7-10-18(22)15-13-17-14-16-20(23)19(17)11-8-5-6-9-12-21(24)25-2;1-2/h5,7,18-21,24-25H,3-4,6,8-17H2,1-2H3;5,7,16-17,19,24H,3-4,6,8-15H2,1-2H3;5,8,17-18,20,26H,3-4,6-7,9-15H2,1-2H3;5,8,14,16-17,19H,3-4,6-7,9-13,15H2,1-2H3;2H,1H3/b2*7-5-;2*8-5-;/t18-,19-,20+,21-;16-,17-,19-,21?;17-,18-,20-;17-,19+;/m1110./s1. The Kier molecular flexibility index (Phi) is 55.3. The van der Waals surface area contributed by atoms with Gasteiger partial charge in [0, 0.05) is 112 Å². The maximum atomic E-state index is 12.5. The molecular weight excluding hydrogens is 1410 g/mol. The first-order valence-electron chi connectivity index (χ1n) is 41.4. The van der Waals surface area contributed by atoms with Gasteiger partial charge in [-0.1, -0.05) is 134 Å². The topological polar surface area (TPSA) is 290 Å². The summed E-state index contributed by atoms with van der Waals surface area (Å²) in [6.07, 6.45) is 54.1. The second-order valence-electron chi connectivity index (χ2n) is 30.2. The van der Waals surface area contributed by atoms with Gasteiger partial charge in [-0.25, -0.2) is 0 Å². The fraction of sp³-hybridized carbons (Fsp3) is 0.782. The largest absolute Gasteiger partial charge is 0.469 e. The van der Waals surface area contributed by atoms with Gasteiger partial charge in [0.25, 0.3) is 0 Å². The lowest BCUT2D eigenvalue weighted by Gasteiger charge is -2.39. The zero-order valence-corrected chi connectivity index (χ0v) is 69.5. The van der Waals surface area contributed by atoms with Crippen LogP contribution in [0, 0.1) is 47.3 Å². The summed E-state index contributed by atoms with van der Waals surface area (Å²) in [5.41, 5.74) is 0. The predicted octanol–water partition coefficient (Wildman–Crippen LogP) is 17.3. The molecule has 3 saturated carbocycles. The molecule has 19 nitrogen and oxygen atoms in total. The molecule has 4 aliphatic carbocycles. The van der Waals surface area contributed by atoms with E-state index in [4.69, 9.17) is 14.6 Å². The van der Waals surface area contributed by atoms with Crippen LogP contribution in [0.15, 0.2) is 60.8 Å². The van der Waals surface area contributed by atoms with Crippen LogP contribution in [-0.2, 0) is 71.6 Å². The Balaban J connectivity index is 0.000000486. The third-order valence-electron chi connectivity index (χ3n) is 22.1. The number of esters is 4. The lowest BCUT2D eigenvalue weighted by molar-refractivity contribution is -0.171. The lowest BCUT2D eigenvalue weighted by Crippen LogP contribution is -2.36. The number of hydrogen-bond acceptors (Lipinski definition) is 21. The first kappa shape index (κ1) is 99.5. The third-order valence-corrected chi connectivity index (χ3v) is 24.3. The van der Waals surface area contributed by atoms with E-state index in [-0.39, 0.29) is 82.1 Å². The van der Waals surface area contributed by atoms with Crippen LogP contribution in [0.2, 0.25) is 0 Å². The SMILES string of the molecule is CCCCCC(=O)CC[C@H]1C=CC(=O)[C@@H]1C/C=C\CCCC(=O)OC.CCCCCC(=O)CC[C@H]1[C@H](S)CC(=O)[C@@H]1C/C=C\CCCC(=O)OC.CCCCCC1(CC[C@@H]2[C@@H](C/C=C\CCCC(=O)OC)[C@@H](O)C[C@H]2O)OCCO1.CCCCCC1(O)CC[C@H]2[C@@H](CC(=O)[C@@H]2C/C=C\CCCC(=O)OC)S1.CO. The highest BCUT2D eigenvalue weighted by atomic mass is 32.2. The Bertz CT molecular complexity index is 2700. The zero-order chi connectivity index (χ0) is 80.0. The molecular formula is C87H144O19S2. The van der Waals surface area contributed by atoms with Gasteiger partial charge in [-0.15, -0.1) is 11.8 Å². The number of thioether (sulfide) groups is 1. The van der Waals surface area contributed by atoms with E-state index in [1.54, 1.807) is 17.8 Å². The van der Waals surface area contributed by atoms with E-state index >= 15 is 0 Å². The van der Waals surface area contributed by atoms with Gasteiger partial charge in [0.1, 0.15) is 28.1 Å². The van der Waals surface area contributed by atoms with Crippen molar-refractivity contribution < 1.29 is 92.0 Å². The number of carbonyl (C=O) groups is 9. The summed E-state index contributed by atoms with van der Waals surface area (Å²) in [4.78, 5) is 104. The van der Waals surface area contributed by atoms with Gasteiger partial charge in [0.05, 0.1) is 53.9 Å². The van der Waals surface area contributed by atoms with Gasteiger partial charge in [-0.05, 0) is 183 Å². The molecule has 6 aliphatic rings. The highest BCUT2D eigenvalue weighted by molar-refractivity contribution is 8.01. The molecule has 6 rings (SSSR count). The van der Waals surface area contributed by atoms with Crippen molar-refractivity contribution in [2.75, 3.05) is 48.8 Å². The van der Waals surface area contributed by atoms with Crippen LogP contribution in [0.4, 0.5) is 0 Å². The van der Waals surface area contributed by atoms with Gasteiger partial charge >= 0.3 is 23.9 Å². The number of carbonyl (C=O) groups excluding carboxylic acids is 9. The van der Waals surface area contributed by atoms with Crippen LogP contribution in [0.25, 0.3) is 0 Å². The lowest BCUT2D eigenvalue weighted by atomic mass is 9.85. The number of ketones is 5. The molecule has 618 valence electrons. The fourth-order valence-electron chi connectivity index (χ4n) is 15.6. The van der Waals surface area contributed by atoms with E-state index in [9.17, 15) is 58.5 Å². The molecule has 0 spiro atoms. The number of unbranched alkanes of at least 4 members (excludes halogenated alkanes) is 12. The monoisotopic (exact) mass is 1560 g/mol. The average Bonchev–Trinajstić information content (AvgIpc) is 1.62. The van der Waals surface area contributed by atoms with Gasteiger partial charge in [-0.2, -0.15) is 12.6 Å². The molecule has 13 atom stereocenters. The maximum Gasteiger partial charge on any atom is 0.305 e. The molecule has 0 amide bonds. The molecule has 108 heavy (non-hydrogen) atoms. The second-order valence-corrected chi connectivity index (χ2v) is 32.4. The number of thiol groups is 1. The molecule has 4 N–H and O–H groups in total. The maximum absolute atomic E-state index is 12.5. The van der Waals surface area contributed by atoms with Gasteiger partial charge in [0.2, 0.25) is 0 Å². The van der Waals surface area contributed by atoms with Crippen LogP contribution >= 0.6 is 24.4 Å². The molecule has 0 bridgehead atoms. The van der Waals surface area contributed by atoms with E-state index in [2.05, 4.69) is 83.6 Å². The van der Waals surface area contributed by atoms with Crippen molar-refractivity contribution in [3.05, 3.63) is 60.8 Å². The molecule has 0 radical (unpaired) electrons. The van der Waals surface area contributed by atoms with E-state index < -0.39 is 22.9 Å². The molecule has 1 unspecified atom stereocenters. The molecule has 2 saturated heterocycles. The highest BCUT2D eigenvalue weighted by Gasteiger charge is 2.49. The smallest absolute Gasteiger partial charge is 0.305 e. The Morgan fingerprint density at radius 1 is 0.500 bits per heavy atom. The first-order valence-corrected chi connectivity index (χ1v) is 42.8. The molecule has 0 aromatic carbocycles. The summed E-state index contributed by atoms with van der Waals surface area (Å²) in [6, 6.07) is 0. The number of Topliss-reactive ketones (excluding diaryl/α,β-unsaturated/α-hetero) is 4. The van der Waals surface area contributed by atoms with Crippen LogP contribution in [0.1, 0.15) is 304 Å². The van der Waals surface area contributed by atoms with Crippen molar-refractivity contribution >= 4 is 77.2 Å². The Labute approximate surface area is 659 Å². The minimum atomic E-state index is -0.616. The summed E-state index contributed by atoms with van der Waals surface area (Å²) >= 11 is 6.27. The summed E-state index contributed by atoms with van der Waals surface area (Å²) in [7, 11) is 6.60. The Hall–Kier alpha value is -4.61.